The summed E-state index contributed by atoms with van der Waals surface area (Å²) in [5, 5.41) is 2.51. The number of amides is 1. The van der Waals surface area contributed by atoms with Crippen molar-refractivity contribution in [3.05, 3.63) is 53.3 Å². The predicted octanol–water partition coefficient (Wildman–Crippen LogP) is 3.19. The molecule has 3 rings (SSSR count). The molecular weight excluding hydrogens is 365 g/mol. The number of hydrogen-bond donors (Lipinski definition) is 1. The third-order valence-electron chi connectivity index (χ3n) is 3.62. The van der Waals surface area contributed by atoms with Gasteiger partial charge in [-0.25, -0.2) is 9.18 Å². The van der Waals surface area contributed by atoms with Crippen molar-refractivity contribution >= 4 is 29.2 Å². The summed E-state index contributed by atoms with van der Waals surface area (Å²) in [4.78, 5) is 24.4. The Labute approximate surface area is 153 Å². The molecule has 1 aliphatic rings. The van der Waals surface area contributed by atoms with Crippen LogP contribution in [0.2, 0.25) is 5.02 Å². The number of esters is 1. The molecule has 1 heterocycles. The topological polar surface area (TPSA) is 73.9 Å². The van der Waals surface area contributed by atoms with E-state index in [0.717, 1.165) is 12.1 Å². The van der Waals surface area contributed by atoms with E-state index >= 15 is 0 Å². The van der Waals surface area contributed by atoms with Gasteiger partial charge in [-0.2, -0.15) is 0 Å². The van der Waals surface area contributed by atoms with Gasteiger partial charge in [0.05, 0.1) is 10.7 Å². The Morgan fingerprint density at radius 1 is 1.27 bits per heavy atom. The van der Waals surface area contributed by atoms with Gasteiger partial charge in [0.25, 0.3) is 5.91 Å². The number of carbonyl (C=O) groups is 2. The van der Waals surface area contributed by atoms with Crippen molar-refractivity contribution < 1.29 is 28.2 Å². The first kappa shape index (κ1) is 18.0. The average Bonchev–Trinajstić information content (AvgIpc) is 2.63. The van der Waals surface area contributed by atoms with Gasteiger partial charge in [0.1, 0.15) is 12.4 Å². The lowest BCUT2D eigenvalue weighted by atomic mass is 10.2. The lowest BCUT2D eigenvalue weighted by Gasteiger charge is -2.25. The summed E-state index contributed by atoms with van der Waals surface area (Å²) in [5.41, 5.74) is 0.215. The number of nitrogens with one attached hydrogen (secondary N) is 1. The highest BCUT2D eigenvalue weighted by Crippen LogP contribution is 2.31. The van der Waals surface area contributed by atoms with Gasteiger partial charge >= 0.3 is 5.97 Å². The molecule has 136 valence electrons. The molecule has 8 heteroatoms. The number of hydrogen-bond acceptors (Lipinski definition) is 5. The lowest BCUT2D eigenvalue weighted by molar-refractivity contribution is -0.162. The van der Waals surface area contributed by atoms with Gasteiger partial charge in [-0.3, -0.25) is 4.79 Å². The second-order valence-corrected chi connectivity index (χ2v) is 5.96. The minimum absolute atomic E-state index is 0.0199. The van der Waals surface area contributed by atoms with Crippen LogP contribution in [0.3, 0.4) is 0 Å². The molecular formula is C18H15ClFNO5. The summed E-state index contributed by atoms with van der Waals surface area (Å²) in [7, 11) is 0. The first-order chi connectivity index (χ1) is 12.4. The average molecular weight is 380 g/mol. The van der Waals surface area contributed by atoms with Gasteiger partial charge in [-0.1, -0.05) is 23.7 Å². The van der Waals surface area contributed by atoms with Crippen LogP contribution in [0.4, 0.5) is 10.1 Å². The third-order valence-corrected chi connectivity index (χ3v) is 3.94. The number of anilines is 1. The zero-order valence-electron chi connectivity index (χ0n) is 13.7. The monoisotopic (exact) mass is 379 g/mol. The van der Waals surface area contributed by atoms with E-state index in [4.69, 9.17) is 25.8 Å². The number of ether oxygens (including phenoxy) is 3. The summed E-state index contributed by atoms with van der Waals surface area (Å²) >= 11 is 5.85. The Balaban J connectivity index is 1.58. The molecule has 0 aliphatic carbocycles. The van der Waals surface area contributed by atoms with E-state index in [9.17, 15) is 14.0 Å². The van der Waals surface area contributed by atoms with Crippen molar-refractivity contribution in [2.75, 3.05) is 11.9 Å². The van der Waals surface area contributed by atoms with E-state index in [-0.39, 0.29) is 17.3 Å². The van der Waals surface area contributed by atoms with Crippen molar-refractivity contribution in [3.63, 3.8) is 0 Å². The molecule has 0 fully saturated rings. The van der Waals surface area contributed by atoms with E-state index in [1.54, 1.807) is 24.3 Å². The summed E-state index contributed by atoms with van der Waals surface area (Å²) in [6.45, 7) is 1.39. The van der Waals surface area contributed by atoms with Gasteiger partial charge in [-0.15, -0.1) is 0 Å². The fourth-order valence-electron chi connectivity index (χ4n) is 2.26. The first-order valence-electron chi connectivity index (χ1n) is 7.79. The number of carbonyl (C=O) groups excluding carboxylic acids is 2. The van der Waals surface area contributed by atoms with Crippen LogP contribution in [0.15, 0.2) is 42.5 Å². The van der Waals surface area contributed by atoms with Crippen LogP contribution < -0.4 is 14.8 Å². The normalized spacial score (nSPS) is 16.5. The maximum atomic E-state index is 13.0. The summed E-state index contributed by atoms with van der Waals surface area (Å²) < 4.78 is 29.1. The van der Waals surface area contributed by atoms with Crippen molar-refractivity contribution in [1.29, 1.82) is 0 Å². The molecule has 0 bridgehead atoms. The van der Waals surface area contributed by atoms with Crippen LogP contribution in [0.5, 0.6) is 11.5 Å². The maximum absolute atomic E-state index is 13.0. The maximum Gasteiger partial charge on any atom is 0.351 e. The molecule has 2 atom stereocenters. The molecule has 0 spiro atoms. The highest BCUT2D eigenvalue weighted by molar-refractivity contribution is 6.33. The van der Waals surface area contributed by atoms with E-state index in [1.165, 1.54) is 13.0 Å². The highest BCUT2D eigenvalue weighted by Gasteiger charge is 2.31. The van der Waals surface area contributed by atoms with Crippen LogP contribution in [-0.2, 0) is 14.3 Å². The Morgan fingerprint density at radius 2 is 2.00 bits per heavy atom. The molecule has 0 radical (unpaired) electrons. The number of para-hydroxylation sites is 2. The molecule has 1 amide bonds. The van der Waals surface area contributed by atoms with Crippen molar-refractivity contribution in [2.24, 2.45) is 0 Å². The van der Waals surface area contributed by atoms with E-state index in [1.807, 2.05) is 0 Å². The third kappa shape index (κ3) is 4.05. The molecule has 0 unspecified atom stereocenters. The first-order valence-corrected chi connectivity index (χ1v) is 8.16. The molecule has 26 heavy (non-hydrogen) atoms. The molecule has 2 aromatic rings. The summed E-state index contributed by atoms with van der Waals surface area (Å²) in [6, 6.07) is 10.5. The number of halogens is 2. The second-order valence-electron chi connectivity index (χ2n) is 5.56. The summed E-state index contributed by atoms with van der Waals surface area (Å²) in [5.74, 6) is -0.900. The quantitative estimate of drug-likeness (QED) is 0.826. The predicted molar refractivity (Wildman–Crippen MR) is 91.9 cm³/mol. The number of benzene rings is 2. The van der Waals surface area contributed by atoms with Gasteiger partial charge in [0, 0.05) is 0 Å². The Bertz CT molecular complexity index is 844. The lowest BCUT2D eigenvalue weighted by Crippen LogP contribution is -2.41. The van der Waals surface area contributed by atoms with E-state index < -0.39 is 29.9 Å². The zero-order valence-corrected chi connectivity index (χ0v) is 14.5. The van der Waals surface area contributed by atoms with Crippen molar-refractivity contribution in [1.82, 2.24) is 0 Å². The Morgan fingerprint density at radius 3 is 2.73 bits per heavy atom. The second kappa shape index (κ2) is 7.61. The van der Waals surface area contributed by atoms with E-state index in [2.05, 4.69) is 5.32 Å². The Kier molecular flexibility index (Phi) is 5.27. The summed E-state index contributed by atoms with van der Waals surface area (Å²) in [6.07, 6.45) is -2.08. The minimum Gasteiger partial charge on any atom is -0.485 e. The molecule has 2 aromatic carbocycles. The molecule has 0 saturated heterocycles. The van der Waals surface area contributed by atoms with Gasteiger partial charge in [-0.05, 0) is 37.3 Å². The van der Waals surface area contributed by atoms with E-state index in [0.29, 0.717) is 11.5 Å². The standard InChI is InChI=1S/C18H15ClFNO5/c1-10(17(22)21-13-7-6-11(20)8-12(13)19)25-18(23)16-9-24-14-4-2-3-5-15(14)26-16/h2-8,10,16H,9H2,1H3,(H,21,22)/t10-,16-/m1/s1. The molecule has 0 saturated carbocycles. The van der Waals surface area contributed by atoms with Crippen LogP contribution in [0, 0.1) is 5.82 Å². The number of fused-ring (bicyclic) bond motifs is 1. The van der Waals surface area contributed by atoms with Crippen molar-refractivity contribution in [3.8, 4) is 11.5 Å². The van der Waals surface area contributed by atoms with Gasteiger partial charge in [0.15, 0.2) is 17.6 Å². The molecule has 1 aliphatic heterocycles. The van der Waals surface area contributed by atoms with Crippen LogP contribution in [0.1, 0.15) is 6.92 Å². The zero-order chi connectivity index (χ0) is 18.7. The fourth-order valence-corrected chi connectivity index (χ4v) is 2.48. The Hall–Kier alpha value is -2.80. The van der Waals surface area contributed by atoms with Gasteiger partial charge in [0.2, 0.25) is 6.10 Å². The van der Waals surface area contributed by atoms with Crippen LogP contribution >= 0.6 is 11.6 Å². The smallest absolute Gasteiger partial charge is 0.351 e. The van der Waals surface area contributed by atoms with Crippen LogP contribution in [-0.4, -0.2) is 30.7 Å². The highest BCUT2D eigenvalue weighted by atomic mass is 35.5. The minimum atomic E-state index is -1.11. The molecule has 6 nitrogen and oxygen atoms in total. The number of rotatable bonds is 4. The molecule has 1 N–H and O–H groups in total. The SMILES string of the molecule is C[C@@H](OC(=O)[C@H]1COc2ccccc2O1)C(=O)Nc1ccc(F)cc1Cl. The molecule has 0 aromatic heterocycles. The van der Waals surface area contributed by atoms with Crippen LogP contribution in [0.25, 0.3) is 0 Å². The largest absolute Gasteiger partial charge is 0.485 e. The fraction of sp³-hybridized carbons (Fsp3) is 0.222. The van der Waals surface area contributed by atoms with Crippen molar-refractivity contribution in [2.45, 2.75) is 19.1 Å². The van der Waals surface area contributed by atoms with Gasteiger partial charge < -0.3 is 19.5 Å².